The van der Waals surface area contributed by atoms with Gasteiger partial charge in [0.15, 0.2) is 0 Å². The van der Waals surface area contributed by atoms with Crippen molar-refractivity contribution in [1.82, 2.24) is 5.32 Å². The van der Waals surface area contributed by atoms with Crippen molar-refractivity contribution in [2.75, 3.05) is 13.1 Å². The second-order valence-electron chi connectivity index (χ2n) is 6.85. The van der Waals surface area contributed by atoms with E-state index in [1.165, 1.54) is 77.3 Å². The summed E-state index contributed by atoms with van der Waals surface area (Å²) in [6.07, 6.45) is 14.4. The van der Waals surface area contributed by atoms with Crippen LogP contribution in [0.25, 0.3) is 0 Å². The summed E-state index contributed by atoms with van der Waals surface area (Å²) >= 11 is 0. The lowest BCUT2D eigenvalue weighted by molar-refractivity contribution is 0.171. The van der Waals surface area contributed by atoms with Crippen molar-refractivity contribution in [1.29, 1.82) is 0 Å². The van der Waals surface area contributed by atoms with E-state index in [0.717, 1.165) is 17.8 Å². The maximum atomic E-state index is 3.66. The van der Waals surface area contributed by atoms with Gasteiger partial charge in [0, 0.05) is 0 Å². The lowest BCUT2D eigenvalue weighted by Crippen LogP contribution is -2.33. The van der Waals surface area contributed by atoms with Gasteiger partial charge < -0.3 is 5.32 Å². The Hall–Kier alpha value is -0.0400. The Kier molecular flexibility index (Phi) is 9.59. The highest BCUT2D eigenvalue weighted by atomic mass is 14.9. The molecule has 19 heavy (non-hydrogen) atoms. The van der Waals surface area contributed by atoms with Gasteiger partial charge in [-0.2, -0.15) is 0 Å². The lowest BCUT2D eigenvalue weighted by Gasteiger charge is -2.35. The molecule has 1 fully saturated rings. The van der Waals surface area contributed by atoms with E-state index in [9.17, 15) is 0 Å². The molecule has 0 radical (unpaired) electrons. The predicted molar refractivity (Wildman–Crippen MR) is 86.5 cm³/mol. The van der Waals surface area contributed by atoms with Gasteiger partial charge in [0.1, 0.15) is 0 Å². The monoisotopic (exact) mass is 267 g/mol. The summed E-state index contributed by atoms with van der Waals surface area (Å²) < 4.78 is 0. The lowest BCUT2D eigenvalue weighted by atomic mass is 9.72. The van der Waals surface area contributed by atoms with Crippen LogP contribution in [0.3, 0.4) is 0 Å². The van der Waals surface area contributed by atoms with E-state index in [2.05, 4.69) is 26.1 Å². The van der Waals surface area contributed by atoms with Crippen molar-refractivity contribution in [3.05, 3.63) is 0 Å². The van der Waals surface area contributed by atoms with Crippen LogP contribution in [-0.2, 0) is 0 Å². The summed E-state index contributed by atoms with van der Waals surface area (Å²) in [6.45, 7) is 9.51. The molecule has 1 N–H and O–H groups in total. The average Bonchev–Trinajstić information content (AvgIpc) is 2.41. The molecule has 1 saturated carbocycles. The van der Waals surface area contributed by atoms with Gasteiger partial charge in [-0.05, 0) is 50.1 Å². The predicted octanol–water partition coefficient (Wildman–Crippen LogP) is 5.40. The van der Waals surface area contributed by atoms with E-state index in [-0.39, 0.29) is 0 Å². The Morgan fingerprint density at radius 2 is 1.68 bits per heavy atom. The fraction of sp³-hybridized carbons (Fsp3) is 1.00. The highest BCUT2D eigenvalue weighted by Crippen LogP contribution is 2.36. The zero-order valence-corrected chi connectivity index (χ0v) is 13.7. The molecule has 0 saturated heterocycles. The number of unbranched alkanes of at least 4 members (excludes halogenated alkanes) is 4. The van der Waals surface area contributed by atoms with E-state index in [1.54, 1.807) is 0 Å². The van der Waals surface area contributed by atoms with Gasteiger partial charge in [-0.15, -0.1) is 0 Å². The number of nitrogens with one attached hydrogen (secondary N) is 1. The van der Waals surface area contributed by atoms with Gasteiger partial charge >= 0.3 is 0 Å². The highest BCUT2D eigenvalue weighted by Gasteiger charge is 2.27. The molecule has 3 atom stereocenters. The Morgan fingerprint density at radius 1 is 0.895 bits per heavy atom. The van der Waals surface area contributed by atoms with Crippen LogP contribution in [0, 0.1) is 17.8 Å². The maximum absolute atomic E-state index is 3.66. The van der Waals surface area contributed by atoms with Crippen molar-refractivity contribution in [3.8, 4) is 0 Å². The van der Waals surface area contributed by atoms with E-state index in [0.29, 0.717) is 0 Å². The van der Waals surface area contributed by atoms with Gasteiger partial charge in [0.25, 0.3) is 0 Å². The Labute approximate surface area is 121 Å². The first kappa shape index (κ1) is 17.0. The zero-order chi connectivity index (χ0) is 13.9. The van der Waals surface area contributed by atoms with Gasteiger partial charge in [0.2, 0.25) is 0 Å². The van der Waals surface area contributed by atoms with Crippen molar-refractivity contribution in [2.45, 2.75) is 85.0 Å². The van der Waals surface area contributed by atoms with Crippen LogP contribution >= 0.6 is 0 Å². The molecule has 0 aromatic carbocycles. The quantitative estimate of drug-likeness (QED) is 0.523. The Morgan fingerprint density at radius 3 is 2.42 bits per heavy atom. The molecular weight excluding hydrogens is 230 g/mol. The molecule has 1 aliphatic carbocycles. The highest BCUT2D eigenvalue weighted by molar-refractivity contribution is 4.80. The number of rotatable bonds is 10. The van der Waals surface area contributed by atoms with E-state index in [1.807, 2.05) is 0 Å². The standard InChI is InChI=1S/C18H37N/c1-4-6-7-8-9-10-17-14-16(3)11-12-18(17)15-19-13-5-2/h16-19H,4-15H2,1-3H3. The van der Waals surface area contributed by atoms with Crippen LogP contribution in [0.2, 0.25) is 0 Å². The van der Waals surface area contributed by atoms with Crippen LogP contribution in [0.1, 0.15) is 85.0 Å². The molecule has 0 aromatic heterocycles. The molecule has 0 spiro atoms. The van der Waals surface area contributed by atoms with Gasteiger partial charge in [-0.3, -0.25) is 0 Å². The molecule has 1 rings (SSSR count). The first-order chi connectivity index (χ1) is 9.27. The molecule has 0 heterocycles. The zero-order valence-electron chi connectivity index (χ0n) is 13.7. The third-order valence-corrected chi connectivity index (χ3v) is 4.91. The number of hydrogen-bond donors (Lipinski definition) is 1. The van der Waals surface area contributed by atoms with Crippen LogP contribution in [0.15, 0.2) is 0 Å². The molecule has 3 unspecified atom stereocenters. The summed E-state index contributed by atoms with van der Waals surface area (Å²) in [5.74, 6) is 2.95. The van der Waals surface area contributed by atoms with E-state index >= 15 is 0 Å². The molecule has 0 amide bonds. The molecule has 0 aromatic rings. The molecule has 114 valence electrons. The minimum atomic E-state index is 0.967. The molecule has 0 aliphatic heterocycles. The van der Waals surface area contributed by atoms with Crippen molar-refractivity contribution >= 4 is 0 Å². The van der Waals surface area contributed by atoms with Crippen LogP contribution in [-0.4, -0.2) is 13.1 Å². The fourth-order valence-corrected chi connectivity index (χ4v) is 3.66. The van der Waals surface area contributed by atoms with Crippen molar-refractivity contribution in [2.24, 2.45) is 17.8 Å². The Balaban J connectivity index is 2.23. The fourth-order valence-electron chi connectivity index (χ4n) is 3.66. The third kappa shape index (κ3) is 7.34. The molecule has 1 heteroatoms. The van der Waals surface area contributed by atoms with E-state index in [4.69, 9.17) is 0 Å². The molecular formula is C18H37N. The van der Waals surface area contributed by atoms with Crippen molar-refractivity contribution in [3.63, 3.8) is 0 Å². The second kappa shape index (κ2) is 10.7. The second-order valence-corrected chi connectivity index (χ2v) is 6.85. The third-order valence-electron chi connectivity index (χ3n) is 4.91. The largest absolute Gasteiger partial charge is 0.316 e. The SMILES string of the molecule is CCCCCCCC1CC(C)CCC1CNCCC. The average molecular weight is 268 g/mol. The van der Waals surface area contributed by atoms with Crippen molar-refractivity contribution < 1.29 is 0 Å². The first-order valence-electron chi connectivity index (χ1n) is 8.98. The summed E-state index contributed by atoms with van der Waals surface area (Å²) in [7, 11) is 0. The van der Waals surface area contributed by atoms with Gasteiger partial charge in [-0.25, -0.2) is 0 Å². The van der Waals surface area contributed by atoms with Gasteiger partial charge in [0.05, 0.1) is 0 Å². The summed E-state index contributed by atoms with van der Waals surface area (Å²) in [6, 6.07) is 0. The van der Waals surface area contributed by atoms with E-state index < -0.39 is 0 Å². The smallest absolute Gasteiger partial charge is 0.00179 e. The number of hydrogen-bond acceptors (Lipinski definition) is 1. The topological polar surface area (TPSA) is 12.0 Å². The van der Waals surface area contributed by atoms with Crippen LogP contribution < -0.4 is 5.32 Å². The summed E-state index contributed by atoms with van der Waals surface area (Å²) in [5, 5.41) is 3.66. The summed E-state index contributed by atoms with van der Waals surface area (Å²) in [4.78, 5) is 0. The minimum absolute atomic E-state index is 0.967. The summed E-state index contributed by atoms with van der Waals surface area (Å²) in [5.41, 5.74) is 0. The van der Waals surface area contributed by atoms with Gasteiger partial charge in [-0.1, -0.05) is 65.7 Å². The molecule has 1 nitrogen and oxygen atoms in total. The first-order valence-corrected chi connectivity index (χ1v) is 8.98. The molecule has 0 bridgehead atoms. The molecule has 1 aliphatic rings. The normalized spacial score (nSPS) is 27.6. The minimum Gasteiger partial charge on any atom is -0.316 e. The maximum Gasteiger partial charge on any atom is -0.00179 e. The van der Waals surface area contributed by atoms with Crippen LogP contribution in [0.5, 0.6) is 0 Å². The van der Waals surface area contributed by atoms with Crippen LogP contribution in [0.4, 0.5) is 0 Å². The Bertz CT molecular complexity index is 202.